The average molecular weight is 1150 g/mol. The summed E-state index contributed by atoms with van der Waals surface area (Å²) in [6.45, 7) is 10.2. The predicted octanol–water partition coefficient (Wildman–Crippen LogP) is 7.75. The number of aliphatic hydroxyl groups excluding tert-OH is 2. The summed E-state index contributed by atoms with van der Waals surface area (Å²) in [5.74, 6) is -3.45. The number of amides is 4. The number of aryl methyl sites for hydroxylation is 4. The van der Waals surface area contributed by atoms with Gasteiger partial charge in [0.05, 0.1) is 29.3 Å². The van der Waals surface area contributed by atoms with E-state index in [4.69, 9.17) is 11.5 Å². The zero-order valence-corrected chi connectivity index (χ0v) is 47.4. The summed E-state index contributed by atoms with van der Waals surface area (Å²) in [6, 6.07) is 27.5. The van der Waals surface area contributed by atoms with Gasteiger partial charge >= 0.3 is 0 Å². The molecule has 0 bridgehead atoms. The van der Waals surface area contributed by atoms with Gasteiger partial charge in [-0.1, -0.05) is 86.3 Å². The lowest BCUT2D eigenvalue weighted by molar-refractivity contribution is -0.135. The van der Waals surface area contributed by atoms with Crippen molar-refractivity contribution in [2.24, 2.45) is 11.5 Å². The molecule has 2 aromatic heterocycles. The summed E-state index contributed by atoms with van der Waals surface area (Å²) in [4.78, 5) is 60.9. The Morgan fingerprint density at radius 1 is 0.671 bits per heavy atom. The van der Waals surface area contributed by atoms with Crippen molar-refractivity contribution >= 4 is 52.5 Å². The SMILES string of the molecule is CCc1cccc(CN(C[C@@H](O)[C@@H](N)Cc2cc(F)cc(F)c2)C(=O)CCC(=O)Nc2cccc3c2N(C(C)=O)CC3)c1.CCc1cccc(CN(C[C@@H](O)[C@@H](N)Cc2cc(F)cc(F)c2)C(=O)CSc2nnc3nc(C)cc(C)n23)c1. The van der Waals surface area contributed by atoms with E-state index in [0.717, 1.165) is 76.3 Å². The number of benzene rings is 5. The van der Waals surface area contributed by atoms with Crippen molar-refractivity contribution in [1.29, 1.82) is 0 Å². The third-order valence-electron chi connectivity index (χ3n) is 14.0. The van der Waals surface area contributed by atoms with Gasteiger partial charge in [0.25, 0.3) is 5.78 Å². The normalized spacial score (nSPS) is 13.4. The first kappa shape index (κ1) is 62.0. The minimum Gasteiger partial charge on any atom is -0.390 e. The van der Waals surface area contributed by atoms with Crippen LogP contribution in [-0.4, -0.2) is 113 Å². The first-order valence-electron chi connectivity index (χ1n) is 27.2. The molecule has 1 aliphatic heterocycles. The Balaban J connectivity index is 0.000000237. The van der Waals surface area contributed by atoms with E-state index < -0.39 is 47.6 Å². The van der Waals surface area contributed by atoms with Gasteiger partial charge in [0, 0.05) is 88.1 Å². The Morgan fingerprint density at radius 2 is 1.18 bits per heavy atom. The standard InChI is InChI=1S/C33H38F2N4O4.C28H32F2N6O2S/c1-3-22-6-4-7-23(14-22)19-38(20-30(41)28(36)17-24-15-26(34)18-27(35)16-24)32(43)11-10-31(42)37-29-9-5-8-25-12-13-39(21(2)40)33(25)29;1-4-19-6-5-7-20(9-19)14-35(15-25(37)24(31)12-21-10-22(29)13-23(30)11-21)26(38)16-39-28-34-33-27-32-17(2)8-18(3)36(27)28/h4-9,14-16,18,28,30,41H,3,10-13,17,19-20,36H2,1-2H3,(H,37,42);5-11,13,24-25,37H,4,12,14-16,31H2,1-3H3/t28-,30+;24-,25+/m00/s1. The predicted molar refractivity (Wildman–Crippen MR) is 308 cm³/mol. The van der Waals surface area contributed by atoms with Gasteiger partial charge < -0.3 is 41.7 Å². The van der Waals surface area contributed by atoms with Crippen LogP contribution >= 0.6 is 11.8 Å². The van der Waals surface area contributed by atoms with Crippen molar-refractivity contribution in [2.75, 3.05) is 35.6 Å². The highest BCUT2D eigenvalue weighted by Crippen LogP contribution is 2.36. The van der Waals surface area contributed by atoms with Crippen LogP contribution in [0.5, 0.6) is 0 Å². The summed E-state index contributed by atoms with van der Waals surface area (Å²) in [5, 5.41) is 33.6. The number of aromatic nitrogens is 4. The molecule has 0 spiro atoms. The maximum Gasteiger partial charge on any atom is 0.256 e. The van der Waals surface area contributed by atoms with E-state index in [1.54, 1.807) is 20.3 Å². The topological polar surface area (TPSA) is 226 Å². The molecule has 7 N–H and O–H groups in total. The first-order chi connectivity index (χ1) is 39.2. The van der Waals surface area contributed by atoms with Crippen LogP contribution in [0.1, 0.15) is 83.9 Å². The quantitative estimate of drug-likeness (QED) is 0.0306. The molecule has 82 heavy (non-hydrogen) atoms. The largest absolute Gasteiger partial charge is 0.390 e. The number of nitrogens with one attached hydrogen (secondary N) is 1. The van der Waals surface area contributed by atoms with Gasteiger partial charge in [-0.05, 0) is 121 Å². The number of nitrogens with two attached hydrogens (primary N) is 2. The zero-order valence-electron chi connectivity index (χ0n) is 46.6. The zero-order chi connectivity index (χ0) is 59.2. The van der Waals surface area contributed by atoms with Gasteiger partial charge in [-0.25, -0.2) is 22.5 Å². The van der Waals surface area contributed by atoms with Crippen molar-refractivity contribution in [3.63, 3.8) is 0 Å². The van der Waals surface area contributed by atoms with Crippen molar-refractivity contribution in [3.05, 3.63) is 183 Å². The highest BCUT2D eigenvalue weighted by Gasteiger charge is 2.28. The third-order valence-corrected chi connectivity index (χ3v) is 15.0. The molecule has 0 unspecified atom stereocenters. The molecule has 1 aliphatic rings. The van der Waals surface area contributed by atoms with Gasteiger partial charge in [-0.2, -0.15) is 0 Å². The van der Waals surface area contributed by atoms with Crippen molar-refractivity contribution < 1.29 is 47.0 Å². The Hall–Kier alpha value is -7.56. The van der Waals surface area contributed by atoms with Crippen LogP contribution in [-0.2, 0) is 64.4 Å². The summed E-state index contributed by atoms with van der Waals surface area (Å²) in [5.41, 5.74) is 20.9. The summed E-state index contributed by atoms with van der Waals surface area (Å²) in [6.07, 6.45) is -0.137. The number of fused-ring (bicyclic) bond motifs is 2. The number of thioether (sulfide) groups is 1. The molecule has 16 nitrogen and oxygen atoms in total. The lowest BCUT2D eigenvalue weighted by atomic mass is 10.0. The molecule has 5 aromatic carbocycles. The molecule has 3 heterocycles. The van der Waals surface area contributed by atoms with E-state index in [1.165, 1.54) is 35.7 Å². The summed E-state index contributed by atoms with van der Waals surface area (Å²) < 4.78 is 56.4. The van der Waals surface area contributed by atoms with Gasteiger partial charge in [-0.3, -0.25) is 23.6 Å². The van der Waals surface area contributed by atoms with Crippen LogP contribution in [0.2, 0.25) is 0 Å². The van der Waals surface area contributed by atoms with Crippen LogP contribution in [0.15, 0.2) is 114 Å². The number of carbonyl (C=O) groups excluding carboxylic acids is 4. The second kappa shape index (κ2) is 28.9. The van der Waals surface area contributed by atoms with E-state index in [2.05, 4.69) is 27.4 Å². The highest BCUT2D eigenvalue weighted by molar-refractivity contribution is 7.99. The van der Waals surface area contributed by atoms with Crippen LogP contribution in [0.3, 0.4) is 0 Å². The first-order valence-corrected chi connectivity index (χ1v) is 28.2. The van der Waals surface area contributed by atoms with Gasteiger partial charge in [0.15, 0.2) is 5.16 Å². The molecule has 0 saturated heterocycles. The smallest absolute Gasteiger partial charge is 0.256 e. The fourth-order valence-electron chi connectivity index (χ4n) is 9.82. The molecule has 4 amide bonds. The molecule has 21 heteroatoms. The van der Waals surface area contributed by atoms with E-state index in [0.29, 0.717) is 46.4 Å². The summed E-state index contributed by atoms with van der Waals surface area (Å²) >= 11 is 1.23. The number of para-hydroxylation sites is 1. The molecule has 7 aromatic rings. The molecular weight excluding hydrogens is 1080 g/mol. The lowest BCUT2D eigenvalue weighted by Gasteiger charge is -2.28. The molecule has 8 rings (SSSR count). The Bertz CT molecular complexity index is 3350. The van der Waals surface area contributed by atoms with Gasteiger partial charge in [-0.15, -0.1) is 10.2 Å². The second-order valence-corrected chi connectivity index (χ2v) is 21.5. The maximum atomic E-state index is 13.7. The average Bonchev–Trinajstić information content (AvgIpc) is 4.22. The van der Waals surface area contributed by atoms with Gasteiger partial charge in [0.1, 0.15) is 23.3 Å². The molecule has 0 saturated carbocycles. The lowest BCUT2D eigenvalue weighted by Crippen LogP contribution is -2.46. The molecule has 4 atom stereocenters. The molecular formula is C61H70F4N10O6S. The maximum absolute atomic E-state index is 13.7. The van der Waals surface area contributed by atoms with Crippen LogP contribution < -0.4 is 21.7 Å². The second-order valence-electron chi connectivity index (χ2n) is 20.5. The molecule has 0 radical (unpaired) electrons. The van der Waals surface area contributed by atoms with Crippen molar-refractivity contribution in [1.82, 2.24) is 29.4 Å². The van der Waals surface area contributed by atoms with Crippen molar-refractivity contribution in [2.45, 2.75) is 122 Å². The third kappa shape index (κ3) is 17.2. The number of anilines is 2. The minimum absolute atomic E-state index is 0.00425. The minimum atomic E-state index is -1.19. The highest BCUT2D eigenvalue weighted by atomic mass is 32.2. The molecule has 434 valence electrons. The van der Waals surface area contributed by atoms with E-state index in [1.807, 2.05) is 87.5 Å². The van der Waals surface area contributed by atoms with E-state index >= 15 is 0 Å². The summed E-state index contributed by atoms with van der Waals surface area (Å²) in [7, 11) is 0. The number of carbonyl (C=O) groups is 4. The number of rotatable bonds is 23. The number of hydrogen-bond acceptors (Lipinski definition) is 12. The van der Waals surface area contributed by atoms with Crippen molar-refractivity contribution in [3.8, 4) is 0 Å². The molecule has 0 fully saturated rings. The Labute approximate surface area is 478 Å². The fraction of sp³-hybridized carbons (Fsp3) is 0.361. The monoisotopic (exact) mass is 1150 g/mol. The number of hydrogen-bond donors (Lipinski definition) is 5. The van der Waals surface area contributed by atoms with E-state index in [9.17, 15) is 47.0 Å². The number of aliphatic hydroxyl groups is 2. The fourth-order valence-corrected chi connectivity index (χ4v) is 10.7. The Morgan fingerprint density at radius 3 is 1.71 bits per heavy atom. The van der Waals surface area contributed by atoms with Crippen LogP contribution in [0, 0.1) is 37.1 Å². The van der Waals surface area contributed by atoms with E-state index in [-0.39, 0.29) is 81.2 Å². The number of halogens is 4. The Kier molecular flexibility index (Phi) is 21.9. The van der Waals surface area contributed by atoms with Crippen LogP contribution in [0.25, 0.3) is 5.78 Å². The van der Waals surface area contributed by atoms with Crippen LogP contribution in [0.4, 0.5) is 28.9 Å². The number of nitrogens with zero attached hydrogens (tertiary/aromatic N) is 7. The molecule has 0 aliphatic carbocycles. The van der Waals surface area contributed by atoms with Gasteiger partial charge in [0.2, 0.25) is 23.6 Å².